The number of carbonyl (C=O) groups excluding carboxylic acids is 1. The molecule has 0 aliphatic heterocycles. The molecule has 0 spiro atoms. The number of fused-ring (bicyclic) bond motifs is 2. The molecule has 1 amide bonds. The van der Waals surface area contributed by atoms with Gasteiger partial charge in [0.2, 0.25) is 15.9 Å². The summed E-state index contributed by atoms with van der Waals surface area (Å²) in [4.78, 5) is 33.7. The van der Waals surface area contributed by atoms with E-state index < -0.39 is 21.7 Å². The average molecular weight is 658 g/mol. The highest BCUT2D eigenvalue weighted by atomic mass is 32.2. The van der Waals surface area contributed by atoms with Gasteiger partial charge in [-0.05, 0) is 48.7 Å². The summed E-state index contributed by atoms with van der Waals surface area (Å²) in [6.45, 7) is -0.107. The van der Waals surface area contributed by atoms with Crippen molar-refractivity contribution in [3.05, 3.63) is 72.3 Å². The van der Waals surface area contributed by atoms with Crippen LogP contribution in [0.4, 0.5) is 14.5 Å². The van der Waals surface area contributed by atoms with Crippen LogP contribution in [0.3, 0.4) is 0 Å². The number of rotatable bonds is 8. The van der Waals surface area contributed by atoms with Crippen LogP contribution in [0.15, 0.2) is 55.1 Å². The molecule has 5 aromatic heterocycles. The summed E-state index contributed by atoms with van der Waals surface area (Å²) in [5.41, 5.74) is 3.44. The van der Waals surface area contributed by atoms with Crippen molar-refractivity contribution in [1.29, 1.82) is 0 Å². The largest absolute Gasteiger partial charge is 0.336 e. The second kappa shape index (κ2) is 12.2. The minimum atomic E-state index is -3.49. The van der Waals surface area contributed by atoms with Gasteiger partial charge in [-0.15, -0.1) is 0 Å². The number of amides is 1. The van der Waals surface area contributed by atoms with Crippen LogP contribution in [0, 0.1) is 17.6 Å². The van der Waals surface area contributed by atoms with Gasteiger partial charge in [-0.1, -0.05) is 19.3 Å². The van der Waals surface area contributed by atoms with Crippen molar-refractivity contribution >= 4 is 43.7 Å². The van der Waals surface area contributed by atoms with Gasteiger partial charge in [0.05, 0.1) is 34.7 Å². The summed E-state index contributed by atoms with van der Waals surface area (Å²) in [7, 11) is -3.49. The summed E-state index contributed by atoms with van der Waals surface area (Å²) in [6, 6.07) is 7.47. The molecule has 1 aromatic carbocycles. The lowest BCUT2D eigenvalue weighted by Crippen LogP contribution is -2.24. The van der Waals surface area contributed by atoms with Crippen LogP contribution in [0.25, 0.3) is 56.0 Å². The summed E-state index contributed by atoms with van der Waals surface area (Å²) >= 11 is 0. The van der Waals surface area contributed by atoms with Crippen LogP contribution in [0.2, 0.25) is 0 Å². The first-order valence-corrected chi connectivity index (χ1v) is 16.9. The van der Waals surface area contributed by atoms with Gasteiger partial charge in [0.25, 0.3) is 0 Å². The molecule has 1 saturated carbocycles. The number of imidazole rings is 1. The maximum Gasteiger partial charge on any atom is 0.227 e. The molecule has 5 heterocycles. The Morgan fingerprint density at radius 2 is 1.83 bits per heavy atom. The van der Waals surface area contributed by atoms with E-state index in [1.807, 2.05) is 0 Å². The minimum absolute atomic E-state index is 0.0463. The molecule has 0 atom stereocenters. The van der Waals surface area contributed by atoms with Crippen molar-refractivity contribution in [1.82, 2.24) is 39.8 Å². The number of nitrogens with zero attached hydrogens (tertiary/aromatic N) is 5. The number of carbonyl (C=O) groups is 1. The quantitative estimate of drug-likeness (QED) is 0.167. The Labute approximate surface area is 267 Å². The van der Waals surface area contributed by atoms with E-state index in [-0.39, 0.29) is 46.5 Å². The number of aromatic nitrogens is 7. The van der Waals surface area contributed by atoms with E-state index in [2.05, 4.69) is 45.2 Å². The van der Waals surface area contributed by atoms with E-state index in [9.17, 15) is 17.6 Å². The zero-order chi connectivity index (χ0) is 32.7. The molecule has 0 saturated heterocycles. The van der Waals surface area contributed by atoms with Gasteiger partial charge in [-0.2, -0.15) is 5.10 Å². The topological polar surface area (TPSA) is 171 Å². The average Bonchev–Trinajstić information content (AvgIpc) is 3.69. The van der Waals surface area contributed by atoms with E-state index in [0.29, 0.717) is 39.1 Å². The molecular weight excluding hydrogens is 628 g/mol. The van der Waals surface area contributed by atoms with Crippen molar-refractivity contribution < 1.29 is 22.0 Å². The first kappa shape index (κ1) is 30.5. The third-order valence-electron chi connectivity index (χ3n) is 8.21. The Balaban J connectivity index is 1.24. The van der Waals surface area contributed by atoms with Crippen LogP contribution in [0.1, 0.15) is 37.7 Å². The van der Waals surface area contributed by atoms with Crippen molar-refractivity contribution in [2.24, 2.45) is 5.92 Å². The molecule has 12 nitrogen and oxygen atoms in total. The van der Waals surface area contributed by atoms with E-state index >= 15 is 4.39 Å². The summed E-state index contributed by atoms with van der Waals surface area (Å²) < 4.78 is 56.4. The Morgan fingerprint density at radius 3 is 2.64 bits per heavy atom. The predicted molar refractivity (Wildman–Crippen MR) is 172 cm³/mol. The highest BCUT2D eigenvalue weighted by molar-refractivity contribution is 7.88. The van der Waals surface area contributed by atoms with Crippen molar-refractivity contribution in [2.45, 2.75) is 38.6 Å². The molecule has 0 unspecified atom stereocenters. The first-order valence-electron chi connectivity index (χ1n) is 15.0. The Kier molecular flexibility index (Phi) is 7.93. The summed E-state index contributed by atoms with van der Waals surface area (Å²) in [5.74, 6) is -1.07. The highest BCUT2D eigenvalue weighted by Gasteiger charge is 2.24. The minimum Gasteiger partial charge on any atom is -0.336 e. The number of anilines is 1. The number of pyridine rings is 3. The van der Waals surface area contributed by atoms with Crippen LogP contribution in [-0.2, 0) is 21.4 Å². The van der Waals surface area contributed by atoms with Crippen molar-refractivity contribution in [3.8, 4) is 33.9 Å². The lowest BCUT2D eigenvalue weighted by atomic mass is 9.88. The second-order valence-corrected chi connectivity index (χ2v) is 13.5. The van der Waals surface area contributed by atoms with Gasteiger partial charge >= 0.3 is 0 Å². The van der Waals surface area contributed by atoms with Crippen LogP contribution in [0.5, 0.6) is 0 Å². The van der Waals surface area contributed by atoms with Gasteiger partial charge < -0.3 is 10.3 Å². The summed E-state index contributed by atoms with van der Waals surface area (Å²) in [6.07, 6.45) is 11.8. The SMILES string of the molecule is CS(=O)(=O)NCc1cc(F)cc(-c2nccc3[nH]c(-c4n[nH]c5ncc(-c6cncc(NC(=O)C7CCCCC7)c6)c(F)c45)nc23)c1. The molecule has 1 fully saturated rings. The van der Waals surface area contributed by atoms with Crippen LogP contribution >= 0.6 is 0 Å². The van der Waals surface area contributed by atoms with E-state index in [1.54, 1.807) is 18.2 Å². The molecule has 15 heteroatoms. The number of nitrogens with one attached hydrogen (secondary N) is 4. The fraction of sp³-hybridized carbons (Fsp3) is 0.250. The van der Waals surface area contributed by atoms with Gasteiger partial charge in [-0.25, -0.2) is 31.9 Å². The number of halogens is 2. The number of sulfonamides is 1. The molecule has 1 aliphatic carbocycles. The normalized spacial score (nSPS) is 14.2. The predicted octanol–water partition coefficient (Wildman–Crippen LogP) is 5.47. The number of benzene rings is 1. The smallest absolute Gasteiger partial charge is 0.227 e. The van der Waals surface area contributed by atoms with Crippen LogP contribution < -0.4 is 10.0 Å². The molecule has 1 aliphatic rings. The van der Waals surface area contributed by atoms with Gasteiger partial charge in [0.1, 0.15) is 22.8 Å². The standard InChI is InChI=1S/C32H29F2N9O3S/c1-47(45,46)38-13-17-9-19(11-21(33)10-17)27-28-24(7-8-36-27)40-31(41-28)29-25-26(34)23(16-37-30(25)43-42-29)20-12-22(15-35-14-20)39-32(44)18-5-3-2-4-6-18/h7-12,14-16,18,38H,2-6,13H2,1H3,(H,39,44)(H,40,41)(H,37,42,43). The number of aromatic amines is 2. The first-order chi connectivity index (χ1) is 22.6. The fourth-order valence-corrected chi connectivity index (χ4v) is 6.38. The van der Waals surface area contributed by atoms with E-state index in [1.165, 1.54) is 36.9 Å². The highest BCUT2D eigenvalue weighted by Crippen LogP contribution is 2.35. The van der Waals surface area contributed by atoms with Crippen molar-refractivity contribution in [2.75, 3.05) is 11.6 Å². The molecular formula is C32H29F2N9O3S. The number of hydrogen-bond donors (Lipinski definition) is 4. The molecule has 0 bridgehead atoms. The van der Waals surface area contributed by atoms with Gasteiger partial charge in [0, 0.05) is 47.7 Å². The fourth-order valence-electron chi connectivity index (χ4n) is 5.95. The molecule has 4 N–H and O–H groups in total. The zero-order valence-corrected chi connectivity index (χ0v) is 26.0. The van der Waals surface area contributed by atoms with Gasteiger partial charge in [0.15, 0.2) is 11.5 Å². The molecule has 240 valence electrons. The lowest BCUT2D eigenvalue weighted by molar-refractivity contribution is -0.120. The molecule has 0 radical (unpaired) electrons. The maximum atomic E-state index is 16.3. The monoisotopic (exact) mass is 657 g/mol. The molecule has 6 aromatic rings. The maximum absolute atomic E-state index is 16.3. The number of H-pyrrole nitrogens is 2. The zero-order valence-electron chi connectivity index (χ0n) is 25.1. The van der Waals surface area contributed by atoms with Gasteiger partial charge in [-0.3, -0.25) is 19.9 Å². The Hall–Kier alpha value is -5.15. The van der Waals surface area contributed by atoms with Crippen molar-refractivity contribution in [3.63, 3.8) is 0 Å². The molecule has 47 heavy (non-hydrogen) atoms. The van der Waals surface area contributed by atoms with Crippen LogP contribution in [-0.4, -0.2) is 55.7 Å². The third-order valence-corrected chi connectivity index (χ3v) is 8.88. The Bertz CT molecular complexity index is 2260. The lowest BCUT2D eigenvalue weighted by Gasteiger charge is -2.20. The van der Waals surface area contributed by atoms with E-state index in [0.717, 1.165) is 38.4 Å². The number of hydrogen-bond acceptors (Lipinski definition) is 8. The second-order valence-electron chi connectivity index (χ2n) is 11.7. The molecule has 7 rings (SSSR count). The van der Waals surface area contributed by atoms with E-state index in [4.69, 9.17) is 0 Å². The summed E-state index contributed by atoms with van der Waals surface area (Å²) in [5, 5.41) is 10.1. The third kappa shape index (κ3) is 6.31. The Morgan fingerprint density at radius 1 is 1.00 bits per heavy atom.